The summed E-state index contributed by atoms with van der Waals surface area (Å²) in [6.07, 6.45) is 1.83. The highest BCUT2D eigenvalue weighted by Gasteiger charge is 2.26. The lowest BCUT2D eigenvalue weighted by Gasteiger charge is -2.15. The number of hydrogen-bond acceptors (Lipinski definition) is 9. The minimum atomic E-state index is -3.42. The summed E-state index contributed by atoms with van der Waals surface area (Å²) in [7, 11) is -3.42. The van der Waals surface area contributed by atoms with Gasteiger partial charge in [-0.25, -0.2) is 13.8 Å². The van der Waals surface area contributed by atoms with Crippen molar-refractivity contribution in [2.75, 3.05) is 42.2 Å². The summed E-state index contributed by atoms with van der Waals surface area (Å²) < 4.78 is 26.8. The van der Waals surface area contributed by atoms with E-state index in [4.69, 9.17) is 0 Å². The van der Waals surface area contributed by atoms with Crippen molar-refractivity contribution in [3.8, 4) is 0 Å². The Bertz CT molecular complexity index is 962. The van der Waals surface area contributed by atoms with Gasteiger partial charge in [0, 0.05) is 26.2 Å². The van der Waals surface area contributed by atoms with Crippen LogP contribution in [0.25, 0.3) is 0 Å². The molecule has 162 valence electrons. The molecule has 1 fully saturated rings. The van der Waals surface area contributed by atoms with Crippen LogP contribution in [0.3, 0.4) is 0 Å². The van der Waals surface area contributed by atoms with E-state index in [1.54, 1.807) is 24.3 Å². The van der Waals surface area contributed by atoms with Crippen LogP contribution in [-0.2, 0) is 10.0 Å². The summed E-state index contributed by atoms with van der Waals surface area (Å²) in [5, 5.41) is 10.5. The molecule has 3 N–H and O–H groups in total. The Kier molecular flexibility index (Phi) is 7.16. The lowest BCUT2D eigenvalue weighted by Crippen LogP contribution is -2.27. The number of nitrogens with zero attached hydrogens (tertiary/aromatic N) is 5. The average Bonchev–Trinajstić information content (AvgIpc) is 3.28. The molecule has 0 saturated carbocycles. The van der Waals surface area contributed by atoms with E-state index in [9.17, 15) is 8.42 Å². The van der Waals surface area contributed by atoms with Gasteiger partial charge in [-0.1, -0.05) is 12.1 Å². The van der Waals surface area contributed by atoms with Crippen LogP contribution < -0.4 is 16.1 Å². The van der Waals surface area contributed by atoms with Gasteiger partial charge in [0.2, 0.25) is 27.9 Å². The van der Waals surface area contributed by atoms with Gasteiger partial charge < -0.3 is 10.6 Å². The molecule has 0 amide bonds. The van der Waals surface area contributed by atoms with Crippen molar-refractivity contribution >= 4 is 33.6 Å². The topological polar surface area (TPSA) is 124 Å². The minimum Gasteiger partial charge on any atom is -0.354 e. The first-order chi connectivity index (χ1) is 14.4. The maximum absolute atomic E-state index is 12.6. The van der Waals surface area contributed by atoms with E-state index < -0.39 is 10.0 Å². The van der Waals surface area contributed by atoms with E-state index in [-0.39, 0.29) is 0 Å². The fourth-order valence-electron chi connectivity index (χ4n) is 3.04. The lowest BCUT2D eigenvalue weighted by molar-refractivity contribution is 0.477. The minimum absolute atomic E-state index is 0.303. The van der Waals surface area contributed by atoms with Crippen molar-refractivity contribution in [2.24, 2.45) is 5.10 Å². The predicted octanol–water partition coefficient (Wildman–Crippen LogP) is 2.36. The van der Waals surface area contributed by atoms with Crippen LogP contribution in [0.1, 0.15) is 39.2 Å². The number of rotatable bonds is 9. The van der Waals surface area contributed by atoms with Crippen LogP contribution >= 0.6 is 0 Å². The van der Waals surface area contributed by atoms with Crippen molar-refractivity contribution < 1.29 is 8.42 Å². The Labute approximate surface area is 177 Å². The molecular weight excluding hydrogens is 404 g/mol. The highest BCUT2D eigenvalue weighted by Crippen LogP contribution is 2.21. The zero-order valence-corrected chi connectivity index (χ0v) is 18.3. The largest absolute Gasteiger partial charge is 0.354 e. The van der Waals surface area contributed by atoms with E-state index in [1.807, 2.05) is 20.8 Å². The fraction of sp³-hybridized carbons (Fsp3) is 0.474. The van der Waals surface area contributed by atoms with Gasteiger partial charge in [0.25, 0.3) is 0 Å². The maximum atomic E-state index is 12.6. The van der Waals surface area contributed by atoms with Crippen LogP contribution in [0.4, 0.5) is 17.8 Å². The van der Waals surface area contributed by atoms with Crippen LogP contribution in [0.15, 0.2) is 34.3 Å². The number of hydrogen-bond donors (Lipinski definition) is 3. The molecule has 1 aliphatic heterocycles. The fourth-order valence-corrected chi connectivity index (χ4v) is 4.56. The van der Waals surface area contributed by atoms with E-state index in [2.05, 4.69) is 36.1 Å². The van der Waals surface area contributed by atoms with E-state index in [0.29, 0.717) is 54.6 Å². The molecule has 0 aliphatic carbocycles. The average molecular weight is 433 g/mol. The van der Waals surface area contributed by atoms with Gasteiger partial charge in [0.15, 0.2) is 0 Å². The molecule has 0 spiro atoms. The lowest BCUT2D eigenvalue weighted by atomic mass is 10.1. The molecule has 2 heterocycles. The highest BCUT2D eigenvalue weighted by atomic mass is 32.2. The Morgan fingerprint density at radius 3 is 2.03 bits per heavy atom. The van der Waals surface area contributed by atoms with Crippen molar-refractivity contribution in [3.63, 3.8) is 0 Å². The molecule has 10 nitrogen and oxygen atoms in total. The number of hydrazone groups is 1. The monoisotopic (exact) mass is 432 g/mol. The van der Waals surface area contributed by atoms with Crippen molar-refractivity contribution in [3.05, 3.63) is 29.8 Å². The summed E-state index contributed by atoms with van der Waals surface area (Å²) in [5.74, 6) is 1.22. The molecule has 2 aromatic rings. The third-order valence-corrected chi connectivity index (χ3v) is 6.52. The Morgan fingerprint density at radius 2 is 1.50 bits per heavy atom. The molecular formula is C19H28N8O2S. The van der Waals surface area contributed by atoms with Crippen molar-refractivity contribution in [1.82, 2.24) is 19.3 Å². The molecule has 0 radical (unpaired) electrons. The molecule has 30 heavy (non-hydrogen) atoms. The number of benzene rings is 1. The summed E-state index contributed by atoms with van der Waals surface area (Å²) in [6.45, 7) is 8.29. The molecule has 11 heteroatoms. The number of nitrogens with one attached hydrogen (secondary N) is 3. The smallest absolute Gasteiger partial charge is 0.250 e. The van der Waals surface area contributed by atoms with Crippen LogP contribution in [0.5, 0.6) is 0 Å². The third kappa shape index (κ3) is 5.22. The second kappa shape index (κ2) is 9.81. The third-order valence-electron chi connectivity index (χ3n) is 4.60. The summed E-state index contributed by atoms with van der Waals surface area (Å²) in [6, 6.07) is 6.75. The zero-order valence-electron chi connectivity index (χ0n) is 17.5. The molecule has 1 aromatic carbocycles. The normalized spacial score (nSPS) is 15.2. The second-order valence-corrected chi connectivity index (χ2v) is 8.75. The van der Waals surface area contributed by atoms with Crippen LogP contribution in [-0.4, -0.2) is 59.6 Å². The first-order valence-corrected chi connectivity index (χ1v) is 11.5. The summed E-state index contributed by atoms with van der Waals surface area (Å²) in [5.41, 5.74) is 4.33. The van der Waals surface area contributed by atoms with Gasteiger partial charge in [0.05, 0.1) is 10.6 Å². The Balaban J connectivity index is 1.74. The molecule has 3 rings (SSSR count). The van der Waals surface area contributed by atoms with Gasteiger partial charge in [-0.05, 0) is 51.3 Å². The number of anilines is 3. The van der Waals surface area contributed by atoms with E-state index in [1.165, 1.54) is 4.31 Å². The van der Waals surface area contributed by atoms with Gasteiger partial charge in [-0.3, -0.25) is 0 Å². The molecule has 0 atom stereocenters. The summed E-state index contributed by atoms with van der Waals surface area (Å²) in [4.78, 5) is 13.1. The van der Waals surface area contributed by atoms with Gasteiger partial charge in [-0.15, -0.1) is 0 Å². The number of sulfonamides is 1. The quantitative estimate of drug-likeness (QED) is 0.407. The van der Waals surface area contributed by atoms with Crippen molar-refractivity contribution in [2.45, 2.75) is 38.5 Å². The van der Waals surface area contributed by atoms with Crippen LogP contribution in [0, 0.1) is 0 Å². The van der Waals surface area contributed by atoms with Crippen LogP contribution in [0.2, 0.25) is 0 Å². The molecule has 0 bridgehead atoms. The molecule has 1 saturated heterocycles. The van der Waals surface area contributed by atoms with Gasteiger partial charge in [0.1, 0.15) is 0 Å². The SMILES string of the molecule is CCNc1nc(NCC)nc(N/N=C(\C)c2ccc(S(=O)(=O)N3CCCC3)cc2)n1. The zero-order chi connectivity index (χ0) is 21.6. The van der Waals surface area contributed by atoms with Gasteiger partial charge >= 0.3 is 0 Å². The molecule has 0 unspecified atom stereocenters. The standard InChI is InChI=1S/C19H28N8O2S/c1-4-20-17-22-18(21-5-2)24-19(23-17)26-25-14(3)15-8-10-16(11-9-15)30(28,29)27-12-6-7-13-27/h8-11H,4-7,12-13H2,1-3H3,(H3,20,21,22,23,24,26)/b25-14+. The molecule has 1 aromatic heterocycles. The van der Waals surface area contributed by atoms with E-state index >= 15 is 0 Å². The second-order valence-electron chi connectivity index (χ2n) is 6.81. The Hall–Kier alpha value is -2.79. The molecule has 1 aliphatic rings. The Morgan fingerprint density at radius 1 is 0.967 bits per heavy atom. The van der Waals surface area contributed by atoms with Crippen molar-refractivity contribution in [1.29, 1.82) is 0 Å². The maximum Gasteiger partial charge on any atom is 0.250 e. The predicted molar refractivity (Wildman–Crippen MR) is 118 cm³/mol. The highest BCUT2D eigenvalue weighted by molar-refractivity contribution is 7.89. The van der Waals surface area contributed by atoms with Gasteiger partial charge in [-0.2, -0.15) is 24.4 Å². The summed E-state index contributed by atoms with van der Waals surface area (Å²) >= 11 is 0. The first-order valence-electron chi connectivity index (χ1n) is 10.1. The first kappa shape index (κ1) is 21.9. The van der Waals surface area contributed by atoms with E-state index in [0.717, 1.165) is 18.4 Å². The number of aromatic nitrogens is 3.